The highest BCUT2D eigenvalue weighted by Crippen LogP contribution is 2.55. The van der Waals surface area contributed by atoms with Crippen molar-refractivity contribution in [3.63, 3.8) is 0 Å². The molecule has 3 fully saturated rings. The predicted molar refractivity (Wildman–Crippen MR) is 52.2 cm³/mol. The molecule has 1 nitrogen and oxygen atoms in total. The molecular weight excluding hydrogens is 160 g/mol. The summed E-state index contributed by atoms with van der Waals surface area (Å²) in [4.78, 5) is 0. The molecule has 3 aliphatic rings. The predicted octanol–water partition coefficient (Wildman–Crippen LogP) is 2.36. The van der Waals surface area contributed by atoms with Gasteiger partial charge in [-0.3, -0.25) is 0 Å². The van der Waals surface area contributed by atoms with E-state index in [1.165, 1.54) is 37.7 Å². The van der Waals surface area contributed by atoms with Crippen LogP contribution in [-0.4, -0.2) is 11.2 Å². The second-order valence-corrected chi connectivity index (χ2v) is 5.21. The molecule has 0 spiro atoms. The van der Waals surface area contributed by atoms with Crippen LogP contribution in [0.1, 0.15) is 32.1 Å². The number of allylic oxidation sites excluding steroid dienone is 1. The van der Waals surface area contributed by atoms with Crippen LogP contribution in [-0.2, 0) is 0 Å². The molecule has 0 amide bonds. The molecule has 3 saturated carbocycles. The summed E-state index contributed by atoms with van der Waals surface area (Å²) in [5.41, 5.74) is 1.44. The fourth-order valence-electron chi connectivity index (χ4n) is 4.07. The van der Waals surface area contributed by atoms with E-state index in [9.17, 15) is 5.11 Å². The molecule has 0 saturated heterocycles. The lowest BCUT2D eigenvalue weighted by Crippen LogP contribution is -2.43. The number of rotatable bonds is 0. The topological polar surface area (TPSA) is 20.2 Å². The zero-order valence-corrected chi connectivity index (χ0v) is 8.08. The van der Waals surface area contributed by atoms with Gasteiger partial charge in [-0.15, -0.1) is 0 Å². The van der Waals surface area contributed by atoms with Crippen molar-refractivity contribution in [3.8, 4) is 0 Å². The Bertz CT molecular complexity index is 246. The highest BCUT2D eigenvalue weighted by molar-refractivity contribution is 5.17. The van der Waals surface area contributed by atoms with Gasteiger partial charge in [0.05, 0.1) is 6.10 Å². The van der Waals surface area contributed by atoms with Gasteiger partial charge >= 0.3 is 0 Å². The Morgan fingerprint density at radius 3 is 2.85 bits per heavy atom. The van der Waals surface area contributed by atoms with Gasteiger partial charge in [0.1, 0.15) is 0 Å². The minimum atomic E-state index is 0.0109. The van der Waals surface area contributed by atoms with Crippen LogP contribution in [0.15, 0.2) is 12.2 Å². The molecule has 3 aliphatic carbocycles. The molecule has 0 aliphatic heterocycles. The van der Waals surface area contributed by atoms with Gasteiger partial charge in [0.15, 0.2) is 0 Å². The normalized spacial score (nSPS) is 53.9. The third-order valence-corrected chi connectivity index (χ3v) is 4.68. The standard InChI is InChI=1S/C12H18O/c1-7-5-8-6-11(7)10-4-2-3-9(8)12(10)13/h8-13H,1-6H2/t8-,9+,10-,11-,12-/m1/s1. The number of fused-ring (bicyclic) bond motifs is 6. The first-order valence-corrected chi connectivity index (χ1v) is 5.63. The van der Waals surface area contributed by atoms with Crippen molar-refractivity contribution < 1.29 is 5.11 Å². The SMILES string of the molecule is C=C1C[C@@H]2C[C@H]1[C@H]1CCC[C@@H]2[C@H]1O. The van der Waals surface area contributed by atoms with Crippen LogP contribution in [0.5, 0.6) is 0 Å². The van der Waals surface area contributed by atoms with Gasteiger partial charge in [0, 0.05) is 0 Å². The lowest BCUT2D eigenvalue weighted by molar-refractivity contribution is -0.0483. The molecule has 0 heterocycles. The second kappa shape index (κ2) is 2.60. The zero-order chi connectivity index (χ0) is 9.00. The average Bonchev–Trinajstić information content (AvgIpc) is 2.43. The Balaban J connectivity index is 1.97. The zero-order valence-electron chi connectivity index (χ0n) is 8.08. The molecule has 3 rings (SSSR count). The molecular formula is C12H18O. The van der Waals surface area contributed by atoms with E-state index in [4.69, 9.17) is 0 Å². The van der Waals surface area contributed by atoms with Crippen molar-refractivity contribution in [2.75, 3.05) is 0 Å². The van der Waals surface area contributed by atoms with Gasteiger partial charge in [-0.05, 0) is 49.4 Å². The Hall–Kier alpha value is -0.300. The van der Waals surface area contributed by atoms with Crippen molar-refractivity contribution in [1.29, 1.82) is 0 Å². The highest BCUT2D eigenvalue weighted by atomic mass is 16.3. The monoisotopic (exact) mass is 178 g/mol. The van der Waals surface area contributed by atoms with E-state index < -0.39 is 0 Å². The Morgan fingerprint density at radius 2 is 2.00 bits per heavy atom. The number of hydrogen-bond acceptors (Lipinski definition) is 1. The van der Waals surface area contributed by atoms with Gasteiger partial charge < -0.3 is 5.11 Å². The molecule has 1 N–H and O–H groups in total. The second-order valence-electron chi connectivity index (χ2n) is 5.21. The van der Waals surface area contributed by atoms with Crippen LogP contribution in [0.2, 0.25) is 0 Å². The minimum absolute atomic E-state index is 0.0109. The largest absolute Gasteiger partial charge is 0.393 e. The fourth-order valence-corrected chi connectivity index (χ4v) is 4.07. The van der Waals surface area contributed by atoms with Crippen LogP contribution in [0.4, 0.5) is 0 Å². The average molecular weight is 178 g/mol. The van der Waals surface area contributed by atoms with Crippen LogP contribution >= 0.6 is 0 Å². The number of hydrogen-bond donors (Lipinski definition) is 1. The van der Waals surface area contributed by atoms with Gasteiger partial charge in [-0.2, -0.15) is 0 Å². The Kier molecular flexibility index (Phi) is 1.61. The maximum atomic E-state index is 10.1. The first-order valence-electron chi connectivity index (χ1n) is 5.63. The molecule has 72 valence electrons. The maximum absolute atomic E-state index is 10.1. The molecule has 1 heteroatoms. The highest BCUT2D eigenvalue weighted by Gasteiger charge is 2.50. The summed E-state index contributed by atoms with van der Waals surface area (Å²) in [6, 6.07) is 0. The summed E-state index contributed by atoms with van der Waals surface area (Å²) >= 11 is 0. The van der Waals surface area contributed by atoms with Crippen LogP contribution in [0, 0.1) is 23.7 Å². The summed E-state index contributed by atoms with van der Waals surface area (Å²) in [7, 11) is 0. The maximum Gasteiger partial charge on any atom is 0.0605 e. The molecule has 4 bridgehead atoms. The summed E-state index contributed by atoms with van der Waals surface area (Å²) in [6.07, 6.45) is 6.41. The van der Waals surface area contributed by atoms with Crippen LogP contribution in [0.25, 0.3) is 0 Å². The van der Waals surface area contributed by atoms with Gasteiger partial charge in [-0.25, -0.2) is 0 Å². The molecule has 0 unspecified atom stereocenters. The lowest BCUT2D eigenvalue weighted by atomic mass is 9.64. The van der Waals surface area contributed by atoms with Crippen LogP contribution in [0.3, 0.4) is 0 Å². The van der Waals surface area contributed by atoms with E-state index in [0.717, 1.165) is 5.92 Å². The summed E-state index contributed by atoms with van der Waals surface area (Å²) in [5, 5.41) is 10.1. The van der Waals surface area contributed by atoms with Crippen molar-refractivity contribution in [3.05, 3.63) is 12.2 Å². The van der Waals surface area contributed by atoms with Crippen molar-refractivity contribution in [2.24, 2.45) is 23.7 Å². The van der Waals surface area contributed by atoms with Crippen LogP contribution < -0.4 is 0 Å². The molecule has 5 atom stereocenters. The van der Waals surface area contributed by atoms with E-state index in [0.29, 0.717) is 17.8 Å². The fraction of sp³-hybridized carbons (Fsp3) is 0.833. The van der Waals surface area contributed by atoms with E-state index in [1.54, 1.807) is 0 Å². The lowest BCUT2D eigenvalue weighted by Gasteiger charge is -2.44. The van der Waals surface area contributed by atoms with Crippen molar-refractivity contribution >= 4 is 0 Å². The third-order valence-electron chi connectivity index (χ3n) is 4.68. The van der Waals surface area contributed by atoms with Gasteiger partial charge in [0.2, 0.25) is 0 Å². The van der Waals surface area contributed by atoms with E-state index in [2.05, 4.69) is 6.58 Å². The first-order chi connectivity index (χ1) is 6.27. The Labute approximate surface area is 79.8 Å². The smallest absolute Gasteiger partial charge is 0.0605 e. The quantitative estimate of drug-likeness (QED) is 0.565. The van der Waals surface area contributed by atoms with E-state index in [1.807, 2.05) is 0 Å². The summed E-state index contributed by atoms with van der Waals surface area (Å²) in [6.45, 7) is 4.18. The molecule has 0 aromatic carbocycles. The summed E-state index contributed by atoms with van der Waals surface area (Å²) < 4.78 is 0. The third kappa shape index (κ3) is 0.969. The van der Waals surface area contributed by atoms with Gasteiger partial charge in [0.25, 0.3) is 0 Å². The van der Waals surface area contributed by atoms with E-state index in [-0.39, 0.29) is 6.10 Å². The number of aliphatic hydroxyl groups is 1. The first kappa shape index (κ1) is 8.05. The van der Waals surface area contributed by atoms with Gasteiger partial charge in [-0.1, -0.05) is 18.6 Å². The number of aliphatic hydroxyl groups excluding tert-OH is 1. The summed E-state index contributed by atoms with van der Waals surface area (Å²) in [5.74, 6) is 2.65. The van der Waals surface area contributed by atoms with E-state index >= 15 is 0 Å². The minimum Gasteiger partial charge on any atom is -0.393 e. The molecule has 13 heavy (non-hydrogen) atoms. The Morgan fingerprint density at radius 1 is 1.23 bits per heavy atom. The van der Waals surface area contributed by atoms with Crippen molar-refractivity contribution in [2.45, 2.75) is 38.2 Å². The molecule has 0 aromatic heterocycles. The molecule has 0 radical (unpaired) electrons. The van der Waals surface area contributed by atoms with Crippen molar-refractivity contribution in [1.82, 2.24) is 0 Å². The molecule has 0 aromatic rings.